The molecule has 0 saturated carbocycles. The first kappa shape index (κ1) is 25.1. The molecule has 202 valence electrons. The Morgan fingerprint density at radius 1 is 1.10 bits per heavy atom. The number of rotatable bonds is 5. The molecule has 1 N–H and O–H groups in total. The number of ether oxygens (including phenoxy) is 1. The van der Waals surface area contributed by atoms with Crippen LogP contribution in [0.25, 0.3) is 0 Å². The maximum atomic E-state index is 14.0. The van der Waals surface area contributed by atoms with E-state index in [1.807, 2.05) is 61.7 Å². The summed E-state index contributed by atoms with van der Waals surface area (Å²) < 4.78 is 7.56. The Morgan fingerprint density at radius 2 is 1.92 bits per heavy atom. The van der Waals surface area contributed by atoms with Crippen molar-refractivity contribution in [2.75, 3.05) is 13.2 Å². The zero-order chi connectivity index (χ0) is 27.3. The maximum Gasteiger partial charge on any atom is 0.270 e. The second kappa shape index (κ2) is 9.83. The van der Waals surface area contributed by atoms with Gasteiger partial charge >= 0.3 is 0 Å². The number of benzene rings is 1. The van der Waals surface area contributed by atoms with E-state index in [1.165, 1.54) is 0 Å². The lowest BCUT2D eigenvalue weighted by Crippen LogP contribution is -2.54. The number of pyridine rings is 1. The van der Waals surface area contributed by atoms with Gasteiger partial charge in [-0.25, -0.2) is 4.98 Å². The zero-order valence-corrected chi connectivity index (χ0v) is 22.3. The van der Waals surface area contributed by atoms with Crippen molar-refractivity contribution < 1.29 is 19.1 Å². The van der Waals surface area contributed by atoms with Gasteiger partial charge in [-0.05, 0) is 36.6 Å². The van der Waals surface area contributed by atoms with Crippen molar-refractivity contribution >= 4 is 17.7 Å². The molecule has 3 atom stereocenters. The lowest BCUT2D eigenvalue weighted by atomic mass is 9.99. The van der Waals surface area contributed by atoms with Crippen molar-refractivity contribution in [3.05, 3.63) is 77.1 Å². The molecule has 0 spiro atoms. The Balaban J connectivity index is 1.20. The topological polar surface area (TPSA) is 110 Å². The Labute approximate surface area is 227 Å². The summed E-state index contributed by atoms with van der Waals surface area (Å²) >= 11 is 0. The fourth-order valence-electron chi connectivity index (χ4n) is 6.01. The largest absolute Gasteiger partial charge is 0.491 e. The van der Waals surface area contributed by atoms with Gasteiger partial charge in [-0.3, -0.25) is 19.4 Å². The second-order valence-corrected chi connectivity index (χ2v) is 10.7. The van der Waals surface area contributed by atoms with Gasteiger partial charge in [-0.2, -0.15) is 0 Å². The number of aromatic nitrogens is 3. The van der Waals surface area contributed by atoms with Gasteiger partial charge < -0.3 is 24.4 Å². The van der Waals surface area contributed by atoms with Crippen LogP contribution in [0.4, 0.5) is 0 Å². The third-order valence-corrected chi connectivity index (χ3v) is 7.98. The lowest BCUT2D eigenvalue weighted by Gasteiger charge is -2.40. The molecule has 6 rings (SSSR count). The smallest absolute Gasteiger partial charge is 0.270 e. The molecule has 10 heteroatoms. The highest BCUT2D eigenvalue weighted by atomic mass is 16.5. The van der Waals surface area contributed by atoms with Crippen LogP contribution in [0.15, 0.2) is 48.8 Å². The summed E-state index contributed by atoms with van der Waals surface area (Å²) in [5, 5.41) is 3.09. The van der Waals surface area contributed by atoms with E-state index in [9.17, 15) is 14.4 Å². The van der Waals surface area contributed by atoms with Gasteiger partial charge in [-0.15, -0.1) is 0 Å². The SMILES string of the molecule is CC(C)[C@@H](C(=O)N1CCn2c(C(=O)NC3CCOc4cccnc43)cnc2C1C)N1Cc2ccccc2C1=O. The van der Waals surface area contributed by atoms with Crippen LogP contribution in [-0.2, 0) is 17.9 Å². The summed E-state index contributed by atoms with van der Waals surface area (Å²) in [6.07, 6.45) is 3.90. The minimum absolute atomic E-state index is 0.0677. The van der Waals surface area contributed by atoms with Crippen molar-refractivity contribution in [1.82, 2.24) is 29.7 Å². The van der Waals surface area contributed by atoms with E-state index in [4.69, 9.17) is 4.74 Å². The van der Waals surface area contributed by atoms with E-state index in [-0.39, 0.29) is 35.7 Å². The van der Waals surface area contributed by atoms with Crippen LogP contribution in [0.1, 0.15) is 77.2 Å². The quantitative estimate of drug-likeness (QED) is 0.545. The van der Waals surface area contributed by atoms with Crippen LogP contribution in [0.5, 0.6) is 5.75 Å². The van der Waals surface area contributed by atoms with E-state index in [0.29, 0.717) is 55.5 Å². The molecule has 0 fully saturated rings. The van der Waals surface area contributed by atoms with Crippen LogP contribution < -0.4 is 10.1 Å². The molecular formula is C29H32N6O4. The fourth-order valence-corrected chi connectivity index (χ4v) is 6.01. The van der Waals surface area contributed by atoms with Crippen LogP contribution >= 0.6 is 0 Å². The van der Waals surface area contributed by atoms with Crippen LogP contribution in [0, 0.1) is 5.92 Å². The van der Waals surface area contributed by atoms with Gasteiger partial charge in [0.2, 0.25) is 5.91 Å². The molecule has 0 radical (unpaired) electrons. The summed E-state index contributed by atoms with van der Waals surface area (Å²) in [5.74, 6) is 0.845. The van der Waals surface area contributed by atoms with Gasteiger partial charge in [0, 0.05) is 37.8 Å². The number of carbonyl (C=O) groups is 3. The van der Waals surface area contributed by atoms with Crippen molar-refractivity contribution in [2.24, 2.45) is 5.92 Å². The second-order valence-electron chi connectivity index (χ2n) is 10.7. The number of nitrogens with zero attached hydrogens (tertiary/aromatic N) is 5. The Hall–Kier alpha value is -4.21. The van der Waals surface area contributed by atoms with E-state index in [2.05, 4.69) is 15.3 Å². The number of amides is 3. The normalized spacial score (nSPS) is 20.7. The predicted molar refractivity (Wildman–Crippen MR) is 142 cm³/mol. The highest BCUT2D eigenvalue weighted by Crippen LogP contribution is 2.33. The minimum atomic E-state index is -0.585. The average Bonchev–Trinajstić information content (AvgIpc) is 3.51. The molecular weight excluding hydrogens is 496 g/mol. The Bertz CT molecular complexity index is 1450. The lowest BCUT2D eigenvalue weighted by molar-refractivity contribution is -0.141. The Morgan fingerprint density at radius 3 is 2.72 bits per heavy atom. The molecule has 0 aliphatic carbocycles. The molecule has 0 saturated heterocycles. The van der Waals surface area contributed by atoms with E-state index in [1.54, 1.807) is 22.2 Å². The first-order chi connectivity index (χ1) is 18.8. The van der Waals surface area contributed by atoms with Crippen molar-refractivity contribution in [2.45, 2.75) is 58.4 Å². The fraction of sp³-hybridized carbons (Fsp3) is 0.414. The number of nitrogens with one attached hydrogen (secondary N) is 1. The monoisotopic (exact) mass is 528 g/mol. The van der Waals surface area contributed by atoms with Crippen molar-refractivity contribution in [3.63, 3.8) is 0 Å². The number of fused-ring (bicyclic) bond motifs is 3. The summed E-state index contributed by atoms with van der Waals surface area (Å²) in [7, 11) is 0. The summed E-state index contributed by atoms with van der Waals surface area (Å²) in [5.41, 5.74) is 2.79. The first-order valence-corrected chi connectivity index (χ1v) is 13.5. The standard InChI is InChI=1S/C29H32N6O4/c1-17(2)25(35-16-19-7-4-5-8-20(19)28(35)37)29(38)33-12-13-34-22(15-31-26(34)18(33)3)27(36)32-21-10-14-39-23-9-6-11-30-24(21)23/h4-9,11,15,17-18,21,25H,10,12-14,16H2,1-3H3,(H,32,36)/t18?,21?,25-/m0/s1. The Kier molecular flexibility index (Phi) is 6.32. The number of carbonyl (C=O) groups excluding carboxylic acids is 3. The molecule has 3 aliphatic heterocycles. The third-order valence-electron chi connectivity index (χ3n) is 7.98. The number of hydrogen-bond acceptors (Lipinski definition) is 6. The summed E-state index contributed by atoms with van der Waals surface area (Å²) in [6.45, 7) is 7.66. The molecule has 5 heterocycles. The van der Waals surface area contributed by atoms with Gasteiger partial charge in [0.05, 0.1) is 24.9 Å². The summed E-state index contributed by atoms with van der Waals surface area (Å²) in [6, 6.07) is 10.0. The van der Waals surface area contributed by atoms with E-state index in [0.717, 1.165) is 11.3 Å². The number of hydrogen-bond donors (Lipinski definition) is 1. The number of imidazole rings is 1. The van der Waals surface area contributed by atoms with Crippen LogP contribution in [-0.4, -0.2) is 61.2 Å². The predicted octanol–water partition coefficient (Wildman–Crippen LogP) is 3.12. The molecule has 3 aliphatic rings. The highest BCUT2D eigenvalue weighted by Gasteiger charge is 2.42. The molecule has 10 nitrogen and oxygen atoms in total. The molecule has 0 bridgehead atoms. The first-order valence-electron chi connectivity index (χ1n) is 13.5. The van der Waals surface area contributed by atoms with Crippen molar-refractivity contribution in [3.8, 4) is 5.75 Å². The summed E-state index contributed by atoms with van der Waals surface area (Å²) in [4.78, 5) is 53.0. The van der Waals surface area contributed by atoms with Gasteiger partial charge in [0.25, 0.3) is 11.8 Å². The molecule has 39 heavy (non-hydrogen) atoms. The zero-order valence-electron chi connectivity index (χ0n) is 22.3. The van der Waals surface area contributed by atoms with Crippen molar-refractivity contribution in [1.29, 1.82) is 0 Å². The van der Waals surface area contributed by atoms with Crippen LogP contribution in [0.2, 0.25) is 0 Å². The van der Waals surface area contributed by atoms with Gasteiger partial charge in [0.15, 0.2) is 0 Å². The maximum absolute atomic E-state index is 14.0. The third kappa shape index (κ3) is 4.24. The molecule has 2 aromatic heterocycles. The van der Waals surface area contributed by atoms with Gasteiger partial charge in [0.1, 0.15) is 29.0 Å². The van der Waals surface area contributed by atoms with Gasteiger partial charge in [-0.1, -0.05) is 32.0 Å². The molecule has 3 aromatic rings. The minimum Gasteiger partial charge on any atom is -0.491 e. The van der Waals surface area contributed by atoms with E-state index < -0.39 is 6.04 Å². The highest BCUT2D eigenvalue weighted by molar-refractivity contribution is 6.01. The molecule has 2 unspecified atom stereocenters. The average molecular weight is 529 g/mol. The van der Waals surface area contributed by atoms with E-state index >= 15 is 0 Å². The molecule has 1 aromatic carbocycles. The molecule has 3 amide bonds. The van der Waals surface area contributed by atoms with Crippen LogP contribution in [0.3, 0.4) is 0 Å².